The summed E-state index contributed by atoms with van der Waals surface area (Å²) in [5, 5.41) is 0. The summed E-state index contributed by atoms with van der Waals surface area (Å²) in [6, 6.07) is 6.60. The van der Waals surface area contributed by atoms with Gasteiger partial charge in [0.2, 0.25) is 0 Å². The highest BCUT2D eigenvalue weighted by atomic mass is 16.5. The van der Waals surface area contributed by atoms with Crippen molar-refractivity contribution in [2.24, 2.45) is 5.73 Å². The lowest BCUT2D eigenvalue weighted by atomic mass is 10.1. The van der Waals surface area contributed by atoms with Gasteiger partial charge in [0, 0.05) is 6.54 Å². The number of aryl methyl sites for hydroxylation is 2. The van der Waals surface area contributed by atoms with E-state index in [1.807, 2.05) is 0 Å². The number of benzene rings is 1. The molecule has 0 spiro atoms. The van der Waals surface area contributed by atoms with Crippen molar-refractivity contribution in [3.63, 3.8) is 0 Å². The Balaban J connectivity index is 2.42. The van der Waals surface area contributed by atoms with E-state index in [1.54, 1.807) is 0 Å². The molecule has 0 aliphatic rings. The fourth-order valence-electron chi connectivity index (χ4n) is 1.59. The fourth-order valence-corrected chi connectivity index (χ4v) is 1.59. The van der Waals surface area contributed by atoms with Crippen LogP contribution in [0.5, 0.6) is 0 Å². The molecule has 1 aromatic carbocycles. The van der Waals surface area contributed by atoms with Crippen LogP contribution in [0.15, 0.2) is 18.2 Å². The highest BCUT2D eigenvalue weighted by Crippen LogP contribution is 2.09. The molecule has 0 aromatic heterocycles. The van der Waals surface area contributed by atoms with Crippen molar-refractivity contribution in [2.75, 3.05) is 19.8 Å². The normalized spacial score (nSPS) is 10.5. The Morgan fingerprint density at radius 2 is 1.71 bits per heavy atom. The lowest BCUT2D eigenvalue weighted by molar-refractivity contribution is 0.144. The second kappa shape index (κ2) is 5.78. The van der Waals surface area contributed by atoms with Crippen LogP contribution in [0.4, 0.5) is 0 Å². The first-order chi connectivity index (χ1) is 6.72. The maximum Gasteiger partial charge on any atom is 0.0588 e. The van der Waals surface area contributed by atoms with Crippen LogP contribution in [-0.2, 0) is 11.2 Å². The molecule has 1 rings (SSSR count). The molecule has 0 radical (unpaired) electrons. The van der Waals surface area contributed by atoms with E-state index in [9.17, 15) is 0 Å². The van der Waals surface area contributed by atoms with Gasteiger partial charge >= 0.3 is 0 Å². The van der Waals surface area contributed by atoms with Crippen LogP contribution in [0.2, 0.25) is 0 Å². The Labute approximate surface area is 86.1 Å². The molecular weight excluding hydrogens is 174 g/mol. The first kappa shape index (κ1) is 11.2. The maximum atomic E-state index is 5.34. The zero-order valence-corrected chi connectivity index (χ0v) is 9.05. The van der Waals surface area contributed by atoms with Crippen molar-refractivity contribution in [1.82, 2.24) is 0 Å². The Morgan fingerprint density at radius 3 is 2.29 bits per heavy atom. The molecule has 0 atom stereocenters. The van der Waals surface area contributed by atoms with Gasteiger partial charge < -0.3 is 10.5 Å². The summed E-state index contributed by atoms with van der Waals surface area (Å²) in [7, 11) is 0. The number of ether oxygens (including phenoxy) is 1. The first-order valence-corrected chi connectivity index (χ1v) is 5.07. The quantitative estimate of drug-likeness (QED) is 0.724. The van der Waals surface area contributed by atoms with Crippen molar-refractivity contribution in [2.45, 2.75) is 20.3 Å². The monoisotopic (exact) mass is 193 g/mol. The Morgan fingerprint density at radius 1 is 1.07 bits per heavy atom. The lowest BCUT2D eigenvalue weighted by Crippen LogP contribution is -2.10. The van der Waals surface area contributed by atoms with E-state index in [4.69, 9.17) is 10.5 Å². The highest BCUT2D eigenvalue weighted by Gasteiger charge is 1.96. The van der Waals surface area contributed by atoms with Crippen molar-refractivity contribution in [1.29, 1.82) is 0 Å². The Hall–Kier alpha value is -0.860. The van der Waals surface area contributed by atoms with Crippen LogP contribution in [0.1, 0.15) is 16.7 Å². The van der Waals surface area contributed by atoms with E-state index in [0.29, 0.717) is 13.2 Å². The average molecular weight is 193 g/mol. The summed E-state index contributed by atoms with van der Waals surface area (Å²) in [6.07, 6.45) is 0.975. The smallest absolute Gasteiger partial charge is 0.0588 e. The van der Waals surface area contributed by atoms with E-state index in [2.05, 4.69) is 32.0 Å². The summed E-state index contributed by atoms with van der Waals surface area (Å²) in [4.78, 5) is 0. The van der Waals surface area contributed by atoms with Crippen LogP contribution in [0.3, 0.4) is 0 Å². The molecule has 0 bridgehead atoms. The Kier molecular flexibility index (Phi) is 4.63. The number of nitrogens with two attached hydrogens (primary N) is 1. The van der Waals surface area contributed by atoms with Gasteiger partial charge in [-0.05, 0) is 25.8 Å². The van der Waals surface area contributed by atoms with E-state index in [0.717, 1.165) is 13.0 Å². The molecule has 0 amide bonds. The largest absolute Gasteiger partial charge is 0.380 e. The van der Waals surface area contributed by atoms with Crippen LogP contribution >= 0.6 is 0 Å². The second-order valence-corrected chi connectivity index (χ2v) is 3.65. The van der Waals surface area contributed by atoms with Crippen LogP contribution < -0.4 is 5.73 Å². The van der Waals surface area contributed by atoms with Crippen molar-refractivity contribution in [3.05, 3.63) is 34.9 Å². The van der Waals surface area contributed by atoms with Crippen LogP contribution in [-0.4, -0.2) is 19.8 Å². The molecule has 0 unspecified atom stereocenters. The number of hydrogen-bond acceptors (Lipinski definition) is 2. The molecule has 78 valence electrons. The van der Waals surface area contributed by atoms with Crippen molar-refractivity contribution in [3.8, 4) is 0 Å². The van der Waals surface area contributed by atoms with Gasteiger partial charge in [-0.15, -0.1) is 0 Å². The zero-order valence-electron chi connectivity index (χ0n) is 9.05. The van der Waals surface area contributed by atoms with Crippen LogP contribution in [0.25, 0.3) is 0 Å². The van der Waals surface area contributed by atoms with Gasteiger partial charge in [-0.3, -0.25) is 0 Å². The summed E-state index contributed by atoms with van der Waals surface area (Å²) in [5.74, 6) is 0. The van der Waals surface area contributed by atoms with Gasteiger partial charge in [-0.2, -0.15) is 0 Å². The molecule has 2 N–H and O–H groups in total. The predicted octanol–water partition coefficient (Wildman–Crippen LogP) is 1.82. The van der Waals surface area contributed by atoms with E-state index in [-0.39, 0.29) is 0 Å². The van der Waals surface area contributed by atoms with Gasteiger partial charge in [-0.25, -0.2) is 0 Å². The molecule has 1 aromatic rings. The second-order valence-electron chi connectivity index (χ2n) is 3.65. The van der Waals surface area contributed by atoms with Gasteiger partial charge in [0.1, 0.15) is 0 Å². The fraction of sp³-hybridized carbons (Fsp3) is 0.500. The van der Waals surface area contributed by atoms with Gasteiger partial charge in [-0.1, -0.05) is 29.3 Å². The van der Waals surface area contributed by atoms with Crippen molar-refractivity contribution >= 4 is 0 Å². The summed E-state index contributed by atoms with van der Waals surface area (Å²) in [6.45, 7) is 6.27. The maximum absolute atomic E-state index is 5.34. The lowest BCUT2D eigenvalue weighted by Gasteiger charge is -2.05. The van der Waals surface area contributed by atoms with Gasteiger partial charge in [0.15, 0.2) is 0 Å². The van der Waals surface area contributed by atoms with Gasteiger partial charge in [0.05, 0.1) is 13.2 Å². The van der Waals surface area contributed by atoms with E-state index in [1.165, 1.54) is 16.7 Å². The SMILES string of the molecule is Cc1cc(C)cc(CCOCCN)c1. The molecular formula is C12H19NO. The van der Waals surface area contributed by atoms with E-state index < -0.39 is 0 Å². The third-order valence-electron chi connectivity index (χ3n) is 2.08. The standard InChI is InChI=1S/C12H19NO/c1-10-7-11(2)9-12(8-10)3-5-14-6-4-13/h7-9H,3-6,13H2,1-2H3. The summed E-state index contributed by atoms with van der Waals surface area (Å²) >= 11 is 0. The summed E-state index contributed by atoms with van der Waals surface area (Å²) in [5.41, 5.74) is 9.31. The average Bonchev–Trinajstić information content (AvgIpc) is 2.11. The molecule has 0 fully saturated rings. The number of hydrogen-bond donors (Lipinski definition) is 1. The van der Waals surface area contributed by atoms with E-state index >= 15 is 0 Å². The zero-order chi connectivity index (χ0) is 10.4. The number of rotatable bonds is 5. The minimum atomic E-state index is 0.604. The molecule has 0 aliphatic heterocycles. The summed E-state index contributed by atoms with van der Waals surface area (Å²) < 4.78 is 5.34. The van der Waals surface area contributed by atoms with Crippen molar-refractivity contribution < 1.29 is 4.74 Å². The molecule has 0 saturated carbocycles. The highest BCUT2D eigenvalue weighted by molar-refractivity contribution is 5.28. The molecule has 2 nitrogen and oxygen atoms in total. The minimum Gasteiger partial charge on any atom is -0.380 e. The first-order valence-electron chi connectivity index (χ1n) is 5.07. The Bertz CT molecular complexity index is 263. The topological polar surface area (TPSA) is 35.2 Å². The molecule has 14 heavy (non-hydrogen) atoms. The third-order valence-corrected chi connectivity index (χ3v) is 2.08. The van der Waals surface area contributed by atoms with Gasteiger partial charge in [0.25, 0.3) is 0 Å². The van der Waals surface area contributed by atoms with Crippen LogP contribution in [0, 0.1) is 13.8 Å². The molecule has 2 heteroatoms. The molecule has 0 heterocycles. The molecule has 0 aliphatic carbocycles. The third kappa shape index (κ3) is 3.90. The molecule has 0 saturated heterocycles. The predicted molar refractivity (Wildman–Crippen MR) is 59.5 cm³/mol. The minimum absolute atomic E-state index is 0.604.